The topological polar surface area (TPSA) is 66.8 Å². The molecule has 0 aromatic carbocycles. The Morgan fingerprint density at radius 1 is 1.45 bits per heavy atom. The predicted octanol–water partition coefficient (Wildman–Crippen LogP) is 4.72. The average Bonchev–Trinajstić information content (AvgIpc) is 3.11. The lowest BCUT2D eigenvalue weighted by atomic mass is 9.45. The maximum absolute atomic E-state index is 11.2. The molecule has 29 heavy (non-hydrogen) atoms. The molecule has 2 saturated carbocycles. The molecule has 0 radical (unpaired) electrons. The van der Waals surface area contributed by atoms with Crippen molar-refractivity contribution in [3.63, 3.8) is 0 Å². The van der Waals surface area contributed by atoms with Crippen molar-refractivity contribution in [2.24, 2.45) is 22.7 Å². The summed E-state index contributed by atoms with van der Waals surface area (Å²) >= 11 is 0. The summed E-state index contributed by atoms with van der Waals surface area (Å²) in [4.78, 5) is 11.2. The first-order valence-electron chi connectivity index (χ1n) is 11.1. The highest BCUT2D eigenvalue weighted by Crippen LogP contribution is 2.62. The summed E-state index contributed by atoms with van der Waals surface area (Å²) in [7, 11) is 0. The summed E-state index contributed by atoms with van der Waals surface area (Å²) < 4.78 is 4.88. The number of cyclic esters (lactones) is 1. The molecule has 6 atom stereocenters. The minimum Gasteiger partial charge on any atom is -0.458 e. The van der Waals surface area contributed by atoms with Crippen molar-refractivity contribution >= 4 is 5.97 Å². The third kappa shape index (κ3) is 4.25. The Balaban J connectivity index is 1.67. The van der Waals surface area contributed by atoms with Crippen LogP contribution in [-0.4, -0.2) is 35.0 Å². The fourth-order valence-electron chi connectivity index (χ4n) is 6.10. The Kier molecular flexibility index (Phi) is 6.45. The SMILES string of the molecule is C=C1CCC[C@H]2[C@@](C)(CC/C(C)=C/C[C@@H](O)C3=CC(=O)OC3)[C@@H](C)[C@H](O)C[C@]12C. The zero-order valence-electron chi connectivity index (χ0n) is 18.5. The number of rotatable bonds is 6. The van der Waals surface area contributed by atoms with E-state index in [4.69, 9.17) is 4.74 Å². The van der Waals surface area contributed by atoms with E-state index in [1.54, 1.807) is 0 Å². The van der Waals surface area contributed by atoms with Crippen molar-refractivity contribution in [1.29, 1.82) is 0 Å². The first-order valence-corrected chi connectivity index (χ1v) is 11.1. The molecular formula is C25H38O4. The zero-order chi connectivity index (χ0) is 21.4. The Morgan fingerprint density at radius 3 is 2.83 bits per heavy atom. The maximum atomic E-state index is 11.2. The van der Waals surface area contributed by atoms with Crippen LogP contribution < -0.4 is 0 Å². The monoisotopic (exact) mass is 402 g/mol. The van der Waals surface area contributed by atoms with Crippen LogP contribution in [-0.2, 0) is 9.53 Å². The van der Waals surface area contributed by atoms with Gasteiger partial charge >= 0.3 is 5.97 Å². The summed E-state index contributed by atoms with van der Waals surface area (Å²) in [5, 5.41) is 21.2. The smallest absolute Gasteiger partial charge is 0.331 e. The van der Waals surface area contributed by atoms with Gasteiger partial charge in [0.2, 0.25) is 0 Å². The van der Waals surface area contributed by atoms with Gasteiger partial charge in [0, 0.05) is 11.6 Å². The fourth-order valence-corrected chi connectivity index (χ4v) is 6.10. The average molecular weight is 403 g/mol. The van der Waals surface area contributed by atoms with Gasteiger partial charge in [0.05, 0.1) is 12.2 Å². The number of ether oxygens (including phenoxy) is 1. The molecule has 0 bridgehead atoms. The Morgan fingerprint density at radius 2 is 2.17 bits per heavy atom. The van der Waals surface area contributed by atoms with E-state index in [1.165, 1.54) is 30.1 Å². The highest BCUT2D eigenvalue weighted by molar-refractivity contribution is 5.85. The molecule has 2 aliphatic carbocycles. The van der Waals surface area contributed by atoms with E-state index in [-0.39, 0.29) is 35.4 Å². The van der Waals surface area contributed by atoms with Gasteiger partial charge in [0.15, 0.2) is 0 Å². The molecule has 162 valence electrons. The van der Waals surface area contributed by atoms with Gasteiger partial charge in [0.1, 0.15) is 6.61 Å². The normalized spacial score (nSPS) is 39.0. The van der Waals surface area contributed by atoms with Crippen LogP contribution in [0.4, 0.5) is 0 Å². The van der Waals surface area contributed by atoms with Gasteiger partial charge in [-0.25, -0.2) is 4.79 Å². The number of allylic oxidation sites excluding steroid dienone is 2. The number of hydrogen-bond acceptors (Lipinski definition) is 4. The van der Waals surface area contributed by atoms with Crippen LogP contribution in [0.25, 0.3) is 0 Å². The molecular weight excluding hydrogens is 364 g/mol. The second kappa shape index (κ2) is 8.39. The van der Waals surface area contributed by atoms with Gasteiger partial charge < -0.3 is 14.9 Å². The van der Waals surface area contributed by atoms with Crippen molar-refractivity contribution in [2.75, 3.05) is 6.61 Å². The highest BCUT2D eigenvalue weighted by Gasteiger charge is 2.56. The summed E-state index contributed by atoms with van der Waals surface area (Å²) in [6.07, 6.45) is 9.36. The summed E-state index contributed by atoms with van der Waals surface area (Å²) in [5.41, 5.74) is 3.33. The van der Waals surface area contributed by atoms with Gasteiger partial charge in [-0.3, -0.25) is 0 Å². The van der Waals surface area contributed by atoms with Crippen molar-refractivity contribution < 1.29 is 19.7 Å². The maximum Gasteiger partial charge on any atom is 0.331 e. The van der Waals surface area contributed by atoms with Gasteiger partial charge in [-0.05, 0) is 74.5 Å². The fraction of sp³-hybridized carbons (Fsp3) is 0.720. The molecule has 2 fully saturated rings. The van der Waals surface area contributed by atoms with E-state index in [9.17, 15) is 15.0 Å². The molecule has 0 saturated heterocycles. The molecule has 0 unspecified atom stereocenters. The predicted molar refractivity (Wildman–Crippen MR) is 115 cm³/mol. The van der Waals surface area contributed by atoms with E-state index in [0.717, 1.165) is 25.7 Å². The number of esters is 1. The third-order valence-electron chi connectivity index (χ3n) is 8.45. The van der Waals surface area contributed by atoms with E-state index >= 15 is 0 Å². The van der Waals surface area contributed by atoms with E-state index < -0.39 is 6.10 Å². The Labute approximate surface area is 175 Å². The number of hydrogen-bond donors (Lipinski definition) is 2. The second-order valence-electron chi connectivity index (χ2n) is 10.2. The van der Waals surface area contributed by atoms with E-state index in [0.29, 0.717) is 17.9 Å². The molecule has 1 heterocycles. The van der Waals surface area contributed by atoms with Crippen LogP contribution in [0.15, 0.2) is 35.5 Å². The van der Waals surface area contributed by atoms with Crippen molar-refractivity contribution in [3.8, 4) is 0 Å². The number of fused-ring (bicyclic) bond motifs is 1. The van der Waals surface area contributed by atoms with E-state index in [1.807, 2.05) is 0 Å². The van der Waals surface area contributed by atoms with Crippen LogP contribution in [0.5, 0.6) is 0 Å². The van der Waals surface area contributed by atoms with Gasteiger partial charge in [0.25, 0.3) is 0 Å². The number of aliphatic hydroxyl groups excluding tert-OH is 2. The quantitative estimate of drug-likeness (QED) is 0.498. The number of carbonyl (C=O) groups excluding carboxylic acids is 1. The molecule has 4 heteroatoms. The molecule has 1 aliphatic heterocycles. The molecule has 2 N–H and O–H groups in total. The Hall–Kier alpha value is -1.39. The van der Waals surface area contributed by atoms with Gasteiger partial charge in [-0.2, -0.15) is 0 Å². The first kappa shape index (κ1) is 22.3. The standard InChI is InChI=1S/C25H38O4/c1-16(9-10-20(26)19-13-23(28)29-15-19)11-12-24(4)18(3)21(27)14-25(5)17(2)7-6-8-22(24)25/h9,13,18,20-22,26-27H,2,6-8,10-12,14-15H2,1,3-5H3/b16-9+/t18-,20+,21+,22-,24-,25+/m0/s1. The molecule has 0 amide bonds. The molecule has 0 aromatic heterocycles. The summed E-state index contributed by atoms with van der Waals surface area (Å²) in [6.45, 7) is 13.6. The lowest BCUT2D eigenvalue weighted by Crippen LogP contribution is -2.55. The van der Waals surface area contributed by atoms with Gasteiger partial charge in [-0.15, -0.1) is 0 Å². The van der Waals surface area contributed by atoms with Crippen molar-refractivity contribution in [3.05, 3.63) is 35.5 Å². The number of aliphatic hydroxyl groups is 2. The van der Waals surface area contributed by atoms with Crippen molar-refractivity contribution in [2.45, 2.75) is 84.8 Å². The largest absolute Gasteiger partial charge is 0.458 e. The molecule has 3 rings (SSSR count). The minimum absolute atomic E-state index is 0.0359. The van der Waals surface area contributed by atoms with Crippen molar-refractivity contribution in [1.82, 2.24) is 0 Å². The van der Waals surface area contributed by atoms with Crippen LogP contribution in [0, 0.1) is 22.7 Å². The van der Waals surface area contributed by atoms with Gasteiger partial charge in [-0.1, -0.05) is 44.6 Å². The lowest BCUT2D eigenvalue weighted by molar-refractivity contribution is -0.135. The second-order valence-corrected chi connectivity index (χ2v) is 10.2. The van der Waals surface area contributed by atoms with Crippen LogP contribution in [0.3, 0.4) is 0 Å². The molecule has 3 aliphatic rings. The van der Waals surface area contributed by atoms with E-state index in [2.05, 4.69) is 40.3 Å². The highest BCUT2D eigenvalue weighted by atomic mass is 16.5. The summed E-state index contributed by atoms with van der Waals surface area (Å²) in [6, 6.07) is 0. The molecule has 0 aromatic rings. The number of carbonyl (C=O) groups is 1. The molecule has 0 spiro atoms. The molecule has 4 nitrogen and oxygen atoms in total. The zero-order valence-corrected chi connectivity index (χ0v) is 18.5. The van der Waals surface area contributed by atoms with Crippen LogP contribution in [0.2, 0.25) is 0 Å². The van der Waals surface area contributed by atoms with Crippen LogP contribution in [0.1, 0.15) is 72.6 Å². The third-order valence-corrected chi connectivity index (χ3v) is 8.45. The lowest BCUT2D eigenvalue weighted by Gasteiger charge is -2.60. The first-order chi connectivity index (χ1) is 13.6. The Bertz CT molecular complexity index is 720. The minimum atomic E-state index is -0.660. The van der Waals surface area contributed by atoms with Crippen LogP contribution >= 0.6 is 0 Å². The summed E-state index contributed by atoms with van der Waals surface area (Å²) in [5.74, 6) is 0.450.